The molecule has 0 heterocycles. The normalized spacial score (nSPS) is 22.1. The molecule has 2 aliphatic carbocycles. The number of carbonyl (C=O) groups excluding carboxylic acids is 1. The van der Waals surface area contributed by atoms with Crippen LogP contribution in [0.5, 0.6) is 0 Å². The summed E-state index contributed by atoms with van der Waals surface area (Å²) in [6, 6.07) is 9.99. The highest BCUT2D eigenvalue weighted by Gasteiger charge is 2.44. The molecule has 19 heavy (non-hydrogen) atoms. The Kier molecular flexibility index (Phi) is 3.09. The quantitative estimate of drug-likeness (QED) is 0.850. The molecule has 3 heteroatoms. The van der Waals surface area contributed by atoms with E-state index in [0.29, 0.717) is 17.9 Å². The van der Waals surface area contributed by atoms with Gasteiger partial charge in [0.25, 0.3) is 0 Å². The number of amides is 1. The molecule has 102 valence electrons. The first kappa shape index (κ1) is 12.7. The first-order valence-electron chi connectivity index (χ1n) is 7.24. The minimum atomic E-state index is -0.941. The van der Waals surface area contributed by atoms with E-state index in [1.807, 2.05) is 30.3 Å². The standard InChI is InChI=1S/C16H22N2O/c1-16(17,13-5-3-2-4-6-13)15(19)18-14(11-7-8-11)12-9-10-12/h2-6,11-12,14H,7-10,17H2,1H3,(H,18,19). The highest BCUT2D eigenvalue weighted by atomic mass is 16.2. The molecule has 1 aromatic rings. The van der Waals surface area contributed by atoms with Gasteiger partial charge in [0.1, 0.15) is 5.54 Å². The summed E-state index contributed by atoms with van der Waals surface area (Å²) in [5, 5.41) is 3.22. The molecule has 1 aromatic carbocycles. The van der Waals surface area contributed by atoms with Gasteiger partial charge in [-0.1, -0.05) is 30.3 Å². The monoisotopic (exact) mass is 258 g/mol. The van der Waals surface area contributed by atoms with Crippen LogP contribution in [0.4, 0.5) is 0 Å². The number of hydrogen-bond acceptors (Lipinski definition) is 2. The predicted octanol–water partition coefficient (Wildman–Crippen LogP) is 2.17. The molecule has 1 atom stereocenters. The smallest absolute Gasteiger partial charge is 0.244 e. The minimum Gasteiger partial charge on any atom is -0.351 e. The molecule has 0 aromatic heterocycles. The summed E-state index contributed by atoms with van der Waals surface area (Å²) < 4.78 is 0. The van der Waals surface area contributed by atoms with Crippen molar-refractivity contribution in [2.75, 3.05) is 0 Å². The van der Waals surface area contributed by atoms with Crippen LogP contribution < -0.4 is 11.1 Å². The van der Waals surface area contributed by atoms with E-state index in [9.17, 15) is 4.79 Å². The van der Waals surface area contributed by atoms with Crippen LogP contribution in [-0.2, 0) is 10.3 Å². The summed E-state index contributed by atoms with van der Waals surface area (Å²) in [5.74, 6) is 1.36. The Balaban J connectivity index is 1.71. The highest BCUT2D eigenvalue weighted by Crippen LogP contribution is 2.44. The Morgan fingerprint density at radius 2 is 1.74 bits per heavy atom. The zero-order chi connectivity index (χ0) is 13.5. The molecule has 0 radical (unpaired) electrons. The second kappa shape index (κ2) is 4.64. The fraction of sp³-hybridized carbons (Fsp3) is 0.562. The fourth-order valence-electron chi connectivity index (χ4n) is 2.75. The van der Waals surface area contributed by atoms with Gasteiger partial charge in [-0.15, -0.1) is 0 Å². The number of nitrogens with two attached hydrogens (primary N) is 1. The molecular weight excluding hydrogens is 236 g/mol. The van der Waals surface area contributed by atoms with E-state index in [1.165, 1.54) is 25.7 Å². The lowest BCUT2D eigenvalue weighted by Gasteiger charge is -2.28. The van der Waals surface area contributed by atoms with E-state index in [-0.39, 0.29) is 5.91 Å². The molecule has 0 saturated heterocycles. The molecule has 1 unspecified atom stereocenters. The molecule has 3 nitrogen and oxygen atoms in total. The summed E-state index contributed by atoms with van der Waals surface area (Å²) >= 11 is 0. The Bertz CT molecular complexity index is 449. The Morgan fingerprint density at radius 3 is 2.21 bits per heavy atom. The van der Waals surface area contributed by atoms with E-state index in [0.717, 1.165) is 5.56 Å². The third-order valence-electron chi connectivity index (χ3n) is 4.40. The maximum absolute atomic E-state index is 12.5. The Labute approximate surface area is 114 Å². The minimum absolute atomic E-state index is 0.0394. The van der Waals surface area contributed by atoms with Gasteiger partial charge in [0.05, 0.1) is 0 Å². The predicted molar refractivity (Wildman–Crippen MR) is 75.4 cm³/mol. The van der Waals surface area contributed by atoms with Crippen molar-refractivity contribution in [2.45, 2.75) is 44.2 Å². The number of nitrogens with one attached hydrogen (secondary N) is 1. The molecule has 3 rings (SSSR count). The van der Waals surface area contributed by atoms with Crippen LogP contribution in [0.25, 0.3) is 0 Å². The SMILES string of the molecule is CC(N)(C(=O)NC(C1CC1)C1CC1)c1ccccc1. The molecule has 0 bridgehead atoms. The summed E-state index contributed by atoms with van der Waals surface area (Å²) in [6.07, 6.45) is 5.03. The molecule has 2 fully saturated rings. The van der Waals surface area contributed by atoms with Crippen molar-refractivity contribution in [3.8, 4) is 0 Å². The third-order valence-corrected chi connectivity index (χ3v) is 4.40. The number of hydrogen-bond donors (Lipinski definition) is 2. The molecule has 0 aliphatic heterocycles. The lowest BCUT2D eigenvalue weighted by atomic mass is 9.91. The Morgan fingerprint density at radius 1 is 1.21 bits per heavy atom. The lowest BCUT2D eigenvalue weighted by molar-refractivity contribution is -0.127. The van der Waals surface area contributed by atoms with Gasteiger partial charge in [-0.25, -0.2) is 0 Å². The lowest BCUT2D eigenvalue weighted by Crippen LogP contribution is -2.53. The average molecular weight is 258 g/mol. The second-order valence-electron chi connectivity index (χ2n) is 6.24. The second-order valence-corrected chi connectivity index (χ2v) is 6.24. The van der Waals surface area contributed by atoms with Crippen LogP contribution in [0, 0.1) is 11.8 Å². The van der Waals surface area contributed by atoms with Crippen LogP contribution in [0.3, 0.4) is 0 Å². The van der Waals surface area contributed by atoms with Crippen LogP contribution in [0.15, 0.2) is 30.3 Å². The third kappa shape index (κ3) is 2.66. The molecule has 1 amide bonds. The van der Waals surface area contributed by atoms with Gasteiger partial charge in [0, 0.05) is 6.04 Å². The van der Waals surface area contributed by atoms with Crippen molar-refractivity contribution < 1.29 is 4.79 Å². The highest BCUT2D eigenvalue weighted by molar-refractivity contribution is 5.87. The van der Waals surface area contributed by atoms with Gasteiger partial charge in [0.15, 0.2) is 0 Å². The maximum atomic E-state index is 12.5. The topological polar surface area (TPSA) is 55.1 Å². The average Bonchev–Trinajstić information content (AvgIpc) is 3.29. The van der Waals surface area contributed by atoms with Crippen molar-refractivity contribution in [3.05, 3.63) is 35.9 Å². The zero-order valence-corrected chi connectivity index (χ0v) is 11.4. The molecule has 2 saturated carbocycles. The van der Waals surface area contributed by atoms with Gasteiger partial charge >= 0.3 is 0 Å². The van der Waals surface area contributed by atoms with Gasteiger partial charge in [-0.05, 0) is 50.0 Å². The Hall–Kier alpha value is -1.35. The summed E-state index contributed by atoms with van der Waals surface area (Å²) in [6.45, 7) is 1.80. The zero-order valence-electron chi connectivity index (χ0n) is 11.4. The van der Waals surface area contributed by atoms with Crippen LogP contribution in [-0.4, -0.2) is 11.9 Å². The van der Waals surface area contributed by atoms with Crippen LogP contribution in [0.1, 0.15) is 38.2 Å². The molecule has 3 N–H and O–H groups in total. The van der Waals surface area contributed by atoms with E-state index in [1.54, 1.807) is 6.92 Å². The summed E-state index contributed by atoms with van der Waals surface area (Å²) in [7, 11) is 0. The summed E-state index contributed by atoms with van der Waals surface area (Å²) in [4.78, 5) is 12.5. The van der Waals surface area contributed by atoms with Gasteiger partial charge < -0.3 is 11.1 Å². The van der Waals surface area contributed by atoms with Crippen molar-refractivity contribution >= 4 is 5.91 Å². The first-order chi connectivity index (χ1) is 9.09. The van der Waals surface area contributed by atoms with E-state index in [2.05, 4.69) is 5.32 Å². The van der Waals surface area contributed by atoms with Crippen LogP contribution >= 0.6 is 0 Å². The number of rotatable bonds is 5. The molecular formula is C16H22N2O. The maximum Gasteiger partial charge on any atom is 0.244 e. The van der Waals surface area contributed by atoms with Crippen molar-refractivity contribution in [3.63, 3.8) is 0 Å². The number of carbonyl (C=O) groups is 1. The molecule has 0 spiro atoms. The van der Waals surface area contributed by atoms with Crippen LogP contribution in [0.2, 0.25) is 0 Å². The van der Waals surface area contributed by atoms with Gasteiger partial charge in [-0.3, -0.25) is 4.79 Å². The number of benzene rings is 1. The van der Waals surface area contributed by atoms with E-state index < -0.39 is 5.54 Å². The largest absolute Gasteiger partial charge is 0.351 e. The first-order valence-corrected chi connectivity index (χ1v) is 7.24. The fourth-order valence-corrected chi connectivity index (χ4v) is 2.75. The van der Waals surface area contributed by atoms with E-state index >= 15 is 0 Å². The van der Waals surface area contributed by atoms with Crippen molar-refractivity contribution in [2.24, 2.45) is 17.6 Å². The van der Waals surface area contributed by atoms with E-state index in [4.69, 9.17) is 5.73 Å². The van der Waals surface area contributed by atoms with Crippen molar-refractivity contribution in [1.82, 2.24) is 5.32 Å². The van der Waals surface area contributed by atoms with Gasteiger partial charge in [-0.2, -0.15) is 0 Å². The molecule has 2 aliphatic rings. The summed E-state index contributed by atoms with van der Waals surface area (Å²) in [5.41, 5.74) is 6.19. The van der Waals surface area contributed by atoms with Gasteiger partial charge in [0.2, 0.25) is 5.91 Å². The van der Waals surface area contributed by atoms with Crippen molar-refractivity contribution in [1.29, 1.82) is 0 Å².